The third kappa shape index (κ3) is 5.04. The second-order valence-corrected chi connectivity index (χ2v) is 13.3. The lowest BCUT2D eigenvalue weighted by Crippen LogP contribution is -2.61. The Balaban J connectivity index is 1.40. The molecule has 0 saturated carbocycles. The minimum Gasteiger partial charge on any atom is -0.504 e. The van der Waals surface area contributed by atoms with Gasteiger partial charge in [-0.1, -0.05) is 23.3 Å². The smallest absolute Gasteiger partial charge is 0.249 e. The lowest BCUT2D eigenvalue weighted by molar-refractivity contribution is -0.141. The van der Waals surface area contributed by atoms with Crippen LogP contribution in [-0.2, 0) is 28.9 Å². The van der Waals surface area contributed by atoms with E-state index in [0.29, 0.717) is 55.0 Å². The quantitative estimate of drug-likeness (QED) is 0.300. The Morgan fingerprint density at radius 1 is 1.20 bits per heavy atom. The van der Waals surface area contributed by atoms with Gasteiger partial charge in [-0.25, -0.2) is 8.42 Å². The summed E-state index contributed by atoms with van der Waals surface area (Å²) in [6.07, 6.45) is 6.38. The number of methoxy groups -OCH3 is 2. The molecule has 4 heterocycles. The molecule has 10 nitrogen and oxygen atoms in total. The fourth-order valence-electron chi connectivity index (χ4n) is 6.48. The van der Waals surface area contributed by atoms with Crippen molar-refractivity contribution >= 4 is 44.2 Å². The number of amides is 2. The SMILES string of the molecule is CO/C=C\C(=O)N1CCC2(CC1)CN1C(=O)CC=C(CS(=O)(=O)c3cc4cc(Cl)ccc4[nH]3)CC1(COC)N2C. The molecule has 2 aromatic rings. The van der Waals surface area contributed by atoms with Gasteiger partial charge in [-0.3, -0.25) is 14.5 Å². The maximum Gasteiger partial charge on any atom is 0.249 e. The van der Waals surface area contributed by atoms with Crippen molar-refractivity contribution in [1.82, 2.24) is 19.7 Å². The highest BCUT2D eigenvalue weighted by atomic mass is 35.5. The molecule has 40 heavy (non-hydrogen) atoms. The minimum atomic E-state index is -3.73. The van der Waals surface area contributed by atoms with Gasteiger partial charge in [-0.05, 0) is 44.2 Å². The second kappa shape index (κ2) is 10.8. The molecule has 1 unspecified atom stereocenters. The van der Waals surface area contributed by atoms with Crippen LogP contribution in [0.1, 0.15) is 25.7 Å². The third-order valence-corrected chi connectivity index (χ3v) is 10.5. The number of sulfone groups is 1. The van der Waals surface area contributed by atoms with Crippen LogP contribution in [0, 0.1) is 0 Å². The number of halogens is 1. The van der Waals surface area contributed by atoms with Gasteiger partial charge in [0.15, 0.2) is 9.84 Å². The molecule has 2 amide bonds. The maximum atomic E-state index is 13.6. The Hall–Kier alpha value is -2.86. The van der Waals surface area contributed by atoms with Gasteiger partial charge in [-0.15, -0.1) is 0 Å². The number of carbonyl (C=O) groups is 2. The monoisotopic (exact) mass is 590 g/mol. The van der Waals surface area contributed by atoms with Gasteiger partial charge in [0, 0.05) is 67.1 Å². The van der Waals surface area contributed by atoms with Gasteiger partial charge in [0.25, 0.3) is 0 Å². The molecule has 1 spiro atoms. The number of piperidine rings is 1. The summed E-state index contributed by atoms with van der Waals surface area (Å²) >= 11 is 6.09. The fraction of sp³-hybridized carbons (Fsp3) is 0.500. The molecule has 3 aliphatic rings. The summed E-state index contributed by atoms with van der Waals surface area (Å²) in [6, 6.07) is 6.79. The summed E-state index contributed by atoms with van der Waals surface area (Å²) in [6.45, 7) is 1.82. The van der Waals surface area contributed by atoms with Gasteiger partial charge < -0.3 is 24.3 Å². The van der Waals surface area contributed by atoms with Crippen LogP contribution in [0.25, 0.3) is 10.9 Å². The van der Waals surface area contributed by atoms with E-state index in [-0.39, 0.29) is 41.2 Å². The van der Waals surface area contributed by atoms with Crippen LogP contribution in [0.3, 0.4) is 0 Å². The number of H-pyrrole nitrogens is 1. The van der Waals surface area contributed by atoms with Crippen LogP contribution < -0.4 is 0 Å². The van der Waals surface area contributed by atoms with E-state index in [9.17, 15) is 18.0 Å². The number of hydrogen-bond donors (Lipinski definition) is 1. The molecule has 216 valence electrons. The topological polar surface area (TPSA) is 112 Å². The number of nitrogens with zero attached hydrogens (tertiary/aromatic N) is 3. The highest BCUT2D eigenvalue weighted by molar-refractivity contribution is 7.91. The van der Waals surface area contributed by atoms with Crippen LogP contribution in [0.4, 0.5) is 0 Å². The van der Waals surface area contributed by atoms with Crippen molar-refractivity contribution in [3.05, 3.63) is 53.3 Å². The van der Waals surface area contributed by atoms with E-state index in [1.165, 1.54) is 19.4 Å². The molecular weight excluding hydrogens is 556 g/mol. The molecule has 2 fully saturated rings. The number of ether oxygens (including phenoxy) is 2. The first-order valence-corrected chi connectivity index (χ1v) is 15.3. The summed E-state index contributed by atoms with van der Waals surface area (Å²) in [5, 5.41) is 1.37. The van der Waals surface area contributed by atoms with E-state index >= 15 is 0 Å². The highest BCUT2D eigenvalue weighted by Gasteiger charge is 2.60. The molecule has 0 radical (unpaired) electrons. The average molecular weight is 591 g/mol. The van der Waals surface area contributed by atoms with E-state index in [1.807, 2.05) is 11.9 Å². The predicted molar refractivity (Wildman–Crippen MR) is 151 cm³/mol. The zero-order valence-electron chi connectivity index (χ0n) is 23.0. The first-order chi connectivity index (χ1) is 19.0. The lowest BCUT2D eigenvalue weighted by atomic mass is 9.86. The number of benzene rings is 1. The van der Waals surface area contributed by atoms with Gasteiger partial charge in [0.05, 0.1) is 25.7 Å². The van der Waals surface area contributed by atoms with E-state index in [1.54, 1.807) is 42.4 Å². The highest BCUT2D eigenvalue weighted by Crippen LogP contribution is 2.47. The fourth-order valence-corrected chi connectivity index (χ4v) is 8.10. The molecular formula is C28H35ClN4O6S. The molecule has 1 atom stereocenters. The van der Waals surface area contributed by atoms with Crippen molar-refractivity contribution in [2.75, 3.05) is 53.3 Å². The number of hydrogen-bond acceptors (Lipinski definition) is 7. The molecule has 1 aromatic carbocycles. The normalized spacial score (nSPS) is 23.6. The second-order valence-electron chi connectivity index (χ2n) is 10.9. The van der Waals surface area contributed by atoms with Crippen molar-refractivity contribution in [1.29, 1.82) is 0 Å². The van der Waals surface area contributed by atoms with Crippen LogP contribution in [0.5, 0.6) is 0 Å². The molecule has 0 aliphatic carbocycles. The summed E-state index contributed by atoms with van der Waals surface area (Å²) in [4.78, 5) is 34.9. The Bertz CT molecular complexity index is 1480. The predicted octanol–water partition coefficient (Wildman–Crippen LogP) is 2.95. The number of aromatic nitrogens is 1. The number of likely N-dealkylation sites (tertiary alicyclic amines) is 1. The number of likely N-dealkylation sites (N-methyl/N-ethyl adjacent to an activating group) is 1. The van der Waals surface area contributed by atoms with Crippen molar-refractivity contribution in [2.24, 2.45) is 0 Å². The Kier molecular flexibility index (Phi) is 7.77. The van der Waals surface area contributed by atoms with Gasteiger partial charge in [0.1, 0.15) is 10.7 Å². The van der Waals surface area contributed by atoms with E-state index in [0.717, 1.165) is 5.39 Å². The van der Waals surface area contributed by atoms with Crippen LogP contribution in [-0.4, -0.2) is 104 Å². The summed E-state index contributed by atoms with van der Waals surface area (Å²) in [5.74, 6) is -0.381. The maximum absolute atomic E-state index is 13.6. The van der Waals surface area contributed by atoms with E-state index < -0.39 is 15.5 Å². The summed E-state index contributed by atoms with van der Waals surface area (Å²) in [5.41, 5.74) is 0.175. The molecule has 1 N–H and O–H groups in total. The lowest BCUT2D eigenvalue weighted by Gasteiger charge is -2.47. The van der Waals surface area contributed by atoms with E-state index in [4.69, 9.17) is 21.1 Å². The zero-order valence-corrected chi connectivity index (χ0v) is 24.6. The minimum absolute atomic E-state index is 0.0602. The van der Waals surface area contributed by atoms with Gasteiger partial charge in [0.2, 0.25) is 11.8 Å². The van der Waals surface area contributed by atoms with Gasteiger partial charge in [-0.2, -0.15) is 0 Å². The number of nitrogens with one attached hydrogen (secondary N) is 1. The number of aromatic amines is 1. The van der Waals surface area contributed by atoms with Crippen LogP contribution in [0.2, 0.25) is 5.02 Å². The molecule has 5 rings (SSSR count). The van der Waals surface area contributed by atoms with Crippen molar-refractivity contribution in [2.45, 2.75) is 41.9 Å². The summed E-state index contributed by atoms with van der Waals surface area (Å²) in [7, 11) is 1.36. The first kappa shape index (κ1) is 28.7. The van der Waals surface area contributed by atoms with Crippen LogP contribution >= 0.6 is 11.6 Å². The Morgan fingerprint density at radius 3 is 2.65 bits per heavy atom. The number of carbonyl (C=O) groups excluding carboxylic acids is 2. The molecule has 1 aromatic heterocycles. The first-order valence-electron chi connectivity index (χ1n) is 13.2. The average Bonchev–Trinajstić information content (AvgIpc) is 3.41. The molecule has 2 saturated heterocycles. The van der Waals surface area contributed by atoms with Crippen molar-refractivity contribution in [3.63, 3.8) is 0 Å². The molecule has 3 aliphatic heterocycles. The zero-order chi connectivity index (χ0) is 28.7. The third-order valence-electron chi connectivity index (χ3n) is 8.66. The Morgan fingerprint density at radius 2 is 1.95 bits per heavy atom. The largest absolute Gasteiger partial charge is 0.504 e. The number of fused-ring (bicyclic) bond motifs is 2. The Labute approximate surface area is 239 Å². The van der Waals surface area contributed by atoms with Crippen molar-refractivity contribution < 1.29 is 27.5 Å². The summed E-state index contributed by atoms with van der Waals surface area (Å²) < 4.78 is 37.7. The number of rotatable bonds is 7. The van der Waals surface area contributed by atoms with E-state index in [2.05, 4.69) is 9.88 Å². The standard InChI is InChI=1S/C28H35ClN4O6S/c1-31-27(9-11-32(12-10-27)25(34)8-13-38-2)18-33-26(35)7-4-20(16-28(31,33)19-39-3)17-40(36,37)24-15-21-14-22(29)5-6-23(21)30-24/h4-6,8,13-15,30H,7,9-12,16-19H2,1-3H3/b13-8-. The van der Waals surface area contributed by atoms with Crippen molar-refractivity contribution in [3.8, 4) is 0 Å². The molecule has 12 heteroatoms. The van der Waals surface area contributed by atoms with Crippen LogP contribution in [0.15, 0.2) is 53.3 Å². The molecule has 0 bridgehead atoms. The van der Waals surface area contributed by atoms with Gasteiger partial charge >= 0.3 is 0 Å².